The number of likely N-dealkylation sites (N-methyl/N-ethyl adjacent to an activating group) is 1. The first-order valence-corrected chi connectivity index (χ1v) is 8.24. The Morgan fingerprint density at radius 3 is 2.43 bits per heavy atom. The average Bonchev–Trinajstić information content (AvgIpc) is 2.49. The summed E-state index contributed by atoms with van der Waals surface area (Å²) in [6.07, 6.45) is 0. The molecule has 2 N–H and O–H groups in total. The number of guanidine groups is 1. The third-order valence-electron chi connectivity index (χ3n) is 3.65. The van der Waals surface area contributed by atoms with Crippen LogP contribution in [0.25, 0.3) is 0 Å². The number of hydrogen-bond acceptors (Lipinski definition) is 3. The van der Waals surface area contributed by atoms with E-state index in [2.05, 4.69) is 74.7 Å². The van der Waals surface area contributed by atoms with Gasteiger partial charge in [0.05, 0.1) is 19.2 Å². The van der Waals surface area contributed by atoms with Crippen molar-refractivity contribution in [1.29, 1.82) is 0 Å². The summed E-state index contributed by atoms with van der Waals surface area (Å²) in [6.45, 7) is 8.45. The van der Waals surface area contributed by atoms with Crippen molar-refractivity contribution < 1.29 is 4.74 Å². The van der Waals surface area contributed by atoms with Crippen LogP contribution in [0.3, 0.4) is 0 Å². The quantitative estimate of drug-likeness (QED) is 0.569. The van der Waals surface area contributed by atoms with Crippen LogP contribution in [-0.4, -0.2) is 57.8 Å². The number of hydrogen-bond donors (Lipinski definition) is 2. The molecular formula is C18H32N4O. The van der Waals surface area contributed by atoms with Crippen LogP contribution in [-0.2, 0) is 4.74 Å². The van der Waals surface area contributed by atoms with E-state index in [1.807, 2.05) is 0 Å². The lowest BCUT2D eigenvalue weighted by Gasteiger charge is -2.24. The zero-order valence-corrected chi connectivity index (χ0v) is 15.4. The molecule has 2 atom stereocenters. The molecule has 0 aliphatic carbocycles. The van der Waals surface area contributed by atoms with Gasteiger partial charge in [-0.3, -0.25) is 4.99 Å². The zero-order valence-electron chi connectivity index (χ0n) is 15.4. The largest absolute Gasteiger partial charge is 0.383 e. The SMILES string of the molecule is CCNC(=NCC(c1ccc(C)cc1)N(C)C)NC(C)COC. The molecule has 0 radical (unpaired) electrons. The number of aryl methyl sites for hydroxylation is 1. The lowest BCUT2D eigenvalue weighted by atomic mass is 10.0. The molecule has 0 aromatic heterocycles. The van der Waals surface area contributed by atoms with Crippen molar-refractivity contribution in [3.63, 3.8) is 0 Å². The maximum absolute atomic E-state index is 5.17. The highest BCUT2D eigenvalue weighted by molar-refractivity contribution is 5.80. The number of ether oxygens (including phenoxy) is 1. The van der Waals surface area contributed by atoms with Crippen LogP contribution >= 0.6 is 0 Å². The number of nitrogens with one attached hydrogen (secondary N) is 2. The third-order valence-corrected chi connectivity index (χ3v) is 3.65. The van der Waals surface area contributed by atoms with Crippen LogP contribution in [0.5, 0.6) is 0 Å². The number of methoxy groups -OCH3 is 1. The second-order valence-corrected chi connectivity index (χ2v) is 6.11. The zero-order chi connectivity index (χ0) is 17.2. The molecule has 0 saturated carbocycles. The molecule has 0 spiro atoms. The lowest BCUT2D eigenvalue weighted by molar-refractivity contribution is 0.179. The highest BCUT2D eigenvalue weighted by atomic mass is 16.5. The van der Waals surface area contributed by atoms with Gasteiger partial charge in [-0.25, -0.2) is 0 Å². The fraction of sp³-hybridized carbons (Fsp3) is 0.611. The summed E-state index contributed by atoms with van der Waals surface area (Å²) in [5.74, 6) is 0.830. The van der Waals surface area contributed by atoms with Gasteiger partial charge >= 0.3 is 0 Å². The Labute approximate surface area is 141 Å². The Morgan fingerprint density at radius 2 is 1.91 bits per heavy atom. The Hall–Kier alpha value is -1.59. The summed E-state index contributed by atoms with van der Waals surface area (Å²) < 4.78 is 5.17. The molecule has 1 aromatic rings. The summed E-state index contributed by atoms with van der Waals surface area (Å²) in [5, 5.41) is 6.66. The monoisotopic (exact) mass is 320 g/mol. The molecule has 0 fully saturated rings. The Morgan fingerprint density at radius 1 is 1.26 bits per heavy atom. The molecular weight excluding hydrogens is 288 g/mol. The highest BCUT2D eigenvalue weighted by Gasteiger charge is 2.14. The number of rotatable bonds is 8. The van der Waals surface area contributed by atoms with Gasteiger partial charge in [0.1, 0.15) is 0 Å². The van der Waals surface area contributed by atoms with Crippen LogP contribution < -0.4 is 10.6 Å². The van der Waals surface area contributed by atoms with Crippen LogP contribution in [0.15, 0.2) is 29.3 Å². The molecule has 0 bridgehead atoms. The molecule has 0 saturated heterocycles. The van der Waals surface area contributed by atoms with E-state index in [1.165, 1.54) is 11.1 Å². The van der Waals surface area contributed by atoms with Gasteiger partial charge in [-0.15, -0.1) is 0 Å². The summed E-state index contributed by atoms with van der Waals surface area (Å²) in [6, 6.07) is 9.14. The first-order valence-electron chi connectivity index (χ1n) is 8.24. The fourth-order valence-corrected chi connectivity index (χ4v) is 2.38. The molecule has 2 unspecified atom stereocenters. The van der Waals surface area contributed by atoms with E-state index >= 15 is 0 Å². The van der Waals surface area contributed by atoms with E-state index in [0.29, 0.717) is 13.2 Å². The molecule has 5 heteroatoms. The summed E-state index contributed by atoms with van der Waals surface area (Å²) >= 11 is 0. The molecule has 1 aromatic carbocycles. The minimum Gasteiger partial charge on any atom is -0.383 e. The van der Waals surface area contributed by atoms with Gasteiger partial charge in [0, 0.05) is 19.7 Å². The van der Waals surface area contributed by atoms with Crippen LogP contribution in [0, 0.1) is 6.92 Å². The fourth-order valence-electron chi connectivity index (χ4n) is 2.38. The highest BCUT2D eigenvalue weighted by Crippen LogP contribution is 2.19. The standard InChI is InChI=1S/C18H32N4O/c1-7-19-18(21-15(3)13-23-6)20-12-17(22(4)5)16-10-8-14(2)9-11-16/h8-11,15,17H,7,12-13H2,1-6H3,(H2,19,20,21). The van der Waals surface area contributed by atoms with Gasteiger partial charge in [0.15, 0.2) is 5.96 Å². The van der Waals surface area contributed by atoms with E-state index in [4.69, 9.17) is 9.73 Å². The number of aliphatic imine (C=N–C) groups is 1. The molecule has 130 valence electrons. The van der Waals surface area contributed by atoms with Crippen molar-refractivity contribution in [2.45, 2.75) is 32.9 Å². The van der Waals surface area contributed by atoms with Crippen molar-refractivity contribution in [3.05, 3.63) is 35.4 Å². The van der Waals surface area contributed by atoms with E-state index in [0.717, 1.165) is 12.5 Å². The number of nitrogens with zero attached hydrogens (tertiary/aromatic N) is 2. The van der Waals surface area contributed by atoms with Gasteiger partial charge in [0.25, 0.3) is 0 Å². The smallest absolute Gasteiger partial charge is 0.191 e. The first kappa shape index (κ1) is 19.5. The van der Waals surface area contributed by atoms with Crippen LogP contribution in [0.4, 0.5) is 0 Å². The van der Waals surface area contributed by atoms with Crippen molar-refractivity contribution in [2.75, 3.05) is 40.9 Å². The predicted molar refractivity (Wildman–Crippen MR) is 98.1 cm³/mol. The van der Waals surface area contributed by atoms with Gasteiger partial charge in [0.2, 0.25) is 0 Å². The second-order valence-electron chi connectivity index (χ2n) is 6.11. The molecule has 0 amide bonds. The first-order chi connectivity index (χ1) is 11.0. The Kier molecular flexibility index (Phi) is 8.66. The van der Waals surface area contributed by atoms with Crippen molar-refractivity contribution in [3.8, 4) is 0 Å². The second kappa shape index (κ2) is 10.2. The van der Waals surface area contributed by atoms with E-state index in [1.54, 1.807) is 7.11 Å². The molecule has 0 aliphatic heterocycles. The third kappa shape index (κ3) is 7.01. The Balaban J connectivity index is 2.81. The van der Waals surface area contributed by atoms with E-state index in [-0.39, 0.29) is 12.1 Å². The molecule has 0 aliphatic rings. The average molecular weight is 320 g/mol. The van der Waals surface area contributed by atoms with Gasteiger partial charge in [-0.1, -0.05) is 29.8 Å². The van der Waals surface area contributed by atoms with Crippen molar-refractivity contribution >= 4 is 5.96 Å². The maximum Gasteiger partial charge on any atom is 0.191 e. The lowest BCUT2D eigenvalue weighted by Crippen LogP contribution is -2.44. The van der Waals surface area contributed by atoms with Gasteiger partial charge < -0.3 is 20.3 Å². The van der Waals surface area contributed by atoms with E-state index in [9.17, 15) is 0 Å². The maximum atomic E-state index is 5.17. The van der Waals surface area contributed by atoms with Crippen molar-refractivity contribution in [1.82, 2.24) is 15.5 Å². The summed E-state index contributed by atoms with van der Waals surface area (Å²) in [7, 11) is 5.89. The van der Waals surface area contributed by atoms with Crippen LogP contribution in [0.1, 0.15) is 31.0 Å². The molecule has 5 nitrogen and oxygen atoms in total. The van der Waals surface area contributed by atoms with Crippen molar-refractivity contribution in [2.24, 2.45) is 4.99 Å². The topological polar surface area (TPSA) is 48.9 Å². The normalized spacial score (nSPS) is 14.7. The minimum atomic E-state index is 0.218. The molecule has 1 rings (SSSR count). The van der Waals surface area contributed by atoms with Gasteiger partial charge in [-0.2, -0.15) is 0 Å². The predicted octanol–water partition coefficient (Wildman–Crippen LogP) is 2.19. The van der Waals surface area contributed by atoms with Gasteiger partial charge in [-0.05, 0) is 40.4 Å². The van der Waals surface area contributed by atoms with E-state index < -0.39 is 0 Å². The molecule has 0 heterocycles. The summed E-state index contributed by atoms with van der Waals surface area (Å²) in [5.41, 5.74) is 2.56. The minimum absolute atomic E-state index is 0.218. The van der Waals surface area contributed by atoms with Crippen LogP contribution in [0.2, 0.25) is 0 Å². The number of benzene rings is 1. The molecule has 23 heavy (non-hydrogen) atoms. The Bertz CT molecular complexity index is 470. The summed E-state index contributed by atoms with van der Waals surface area (Å²) in [4.78, 5) is 6.96.